The van der Waals surface area contributed by atoms with E-state index in [0.29, 0.717) is 25.5 Å². The van der Waals surface area contributed by atoms with Crippen molar-refractivity contribution in [2.45, 2.75) is 30.2 Å². The fraction of sp³-hybridized carbons (Fsp3) is 0.438. The molecule has 0 bridgehead atoms. The van der Waals surface area contributed by atoms with E-state index in [-0.39, 0.29) is 28.6 Å². The summed E-state index contributed by atoms with van der Waals surface area (Å²) in [6.07, 6.45) is 1.29. The summed E-state index contributed by atoms with van der Waals surface area (Å²) in [4.78, 5) is 0.0939. The summed E-state index contributed by atoms with van der Waals surface area (Å²) in [5, 5.41) is 4.04. The molecule has 1 aromatic carbocycles. The van der Waals surface area contributed by atoms with E-state index >= 15 is 0 Å². The van der Waals surface area contributed by atoms with Gasteiger partial charge in [-0.1, -0.05) is 6.07 Å². The number of aromatic nitrogens is 2. The maximum absolute atomic E-state index is 12.8. The second-order valence-electron chi connectivity index (χ2n) is 6.06. The van der Waals surface area contributed by atoms with Crippen LogP contribution in [0.5, 0.6) is 0 Å². The maximum atomic E-state index is 12.8. The Kier molecular flexibility index (Phi) is 5.56. The van der Waals surface area contributed by atoms with Crippen molar-refractivity contribution in [2.24, 2.45) is 0 Å². The molecule has 9 nitrogen and oxygen atoms in total. The zero-order valence-corrected chi connectivity index (χ0v) is 16.8. The van der Waals surface area contributed by atoms with Crippen molar-refractivity contribution in [3.05, 3.63) is 36.2 Å². The average Bonchev–Trinajstić information content (AvgIpc) is 3.04. The molecule has 148 valence electrons. The lowest BCUT2D eigenvalue weighted by Gasteiger charge is -2.26. The first-order valence-corrected chi connectivity index (χ1v) is 11.4. The van der Waals surface area contributed by atoms with Crippen LogP contribution < -0.4 is 4.72 Å². The zero-order chi connectivity index (χ0) is 19.7. The maximum Gasteiger partial charge on any atom is 0.265 e. The number of hydrogen-bond acceptors (Lipinski definition) is 6. The van der Waals surface area contributed by atoms with Gasteiger partial charge in [-0.2, -0.15) is 9.40 Å². The van der Waals surface area contributed by atoms with Gasteiger partial charge in [0.05, 0.1) is 35.7 Å². The third-order valence-electron chi connectivity index (χ3n) is 4.34. The standard InChI is InChI=1S/C16H22N4O5S2/c1-3-20-13(2)16(12-17-20)26(21,22)18-14-5-4-6-15(11-14)27(23,24)19-7-9-25-10-8-19/h4-6,11-12,18H,3,7-10H2,1-2H3. The third-order valence-corrected chi connectivity index (χ3v) is 7.72. The molecule has 1 aliphatic heterocycles. The molecule has 1 N–H and O–H groups in total. The van der Waals surface area contributed by atoms with Gasteiger partial charge in [0, 0.05) is 19.6 Å². The lowest BCUT2D eigenvalue weighted by atomic mass is 10.3. The summed E-state index contributed by atoms with van der Waals surface area (Å²) in [5.41, 5.74) is 0.690. The minimum Gasteiger partial charge on any atom is -0.379 e. The van der Waals surface area contributed by atoms with Gasteiger partial charge in [-0.15, -0.1) is 0 Å². The molecule has 1 aliphatic rings. The Labute approximate surface area is 159 Å². The Balaban J connectivity index is 1.88. The number of rotatable bonds is 6. The topological polar surface area (TPSA) is 111 Å². The second-order valence-corrected chi connectivity index (χ2v) is 9.65. The van der Waals surface area contributed by atoms with Crippen LogP contribution in [0.3, 0.4) is 0 Å². The van der Waals surface area contributed by atoms with E-state index in [2.05, 4.69) is 9.82 Å². The zero-order valence-electron chi connectivity index (χ0n) is 15.1. The molecule has 2 heterocycles. The normalized spacial score (nSPS) is 16.4. The lowest BCUT2D eigenvalue weighted by Crippen LogP contribution is -2.40. The van der Waals surface area contributed by atoms with E-state index in [1.54, 1.807) is 11.6 Å². The first-order chi connectivity index (χ1) is 12.8. The predicted octanol–water partition coefficient (Wildman–Crippen LogP) is 1.03. The van der Waals surface area contributed by atoms with Crippen LogP contribution in [-0.2, 0) is 31.3 Å². The summed E-state index contributed by atoms with van der Waals surface area (Å²) >= 11 is 0. The Hall–Kier alpha value is -1.95. The monoisotopic (exact) mass is 414 g/mol. The van der Waals surface area contributed by atoms with Crippen molar-refractivity contribution >= 4 is 25.7 Å². The Morgan fingerprint density at radius 3 is 2.52 bits per heavy atom. The number of benzene rings is 1. The van der Waals surface area contributed by atoms with Gasteiger partial charge < -0.3 is 4.74 Å². The second kappa shape index (κ2) is 7.58. The van der Waals surface area contributed by atoms with Crippen molar-refractivity contribution in [2.75, 3.05) is 31.0 Å². The average molecular weight is 415 g/mol. The van der Waals surface area contributed by atoms with E-state index in [0.717, 1.165) is 0 Å². The largest absolute Gasteiger partial charge is 0.379 e. The van der Waals surface area contributed by atoms with Gasteiger partial charge in [-0.3, -0.25) is 9.40 Å². The van der Waals surface area contributed by atoms with Crippen LogP contribution in [0.4, 0.5) is 5.69 Å². The van der Waals surface area contributed by atoms with Gasteiger partial charge in [0.15, 0.2) is 0 Å². The van der Waals surface area contributed by atoms with E-state index in [4.69, 9.17) is 4.74 Å². The Morgan fingerprint density at radius 2 is 1.89 bits per heavy atom. The SMILES string of the molecule is CCn1ncc(S(=O)(=O)Nc2cccc(S(=O)(=O)N3CCOCC3)c2)c1C. The number of morpholine rings is 1. The number of nitrogens with zero attached hydrogens (tertiary/aromatic N) is 3. The summed E-state index contributed by atoms with van der Waals surface area (Å²) in [5.74, 6) is 0. The number of hydrogen-bond donors (Lipinski definition) is 1. The molecule has 0 spiro atoms. The molecular formula is C16H22N4O5S2. The highest BCUT2D eigenvalue weighted by atomic mass is 32.2. The molecular weight excluding hydrogens is 392 g/mol. The first kappa shape index (κ1) is 19.8. The number of sulfonamides is 2. The van der Waals surface area contributed by atoms with Gasteiger partial charge in [0.1, 0.15) is 4.90 Å². The van der Waals surface area contributed by atoms with Crippen molar-refractivity contribution in [1.29, 1.82) is 0 Å². The number of nitrogens with one attached hydrogen (secondary N) is 1. The van der Waals surface area contributed by atoms with Gasteiger partial charge in [0.2, 0.25) is 10.0 Å². The van der Waals surface area contributed by atoms with E-state index in [9.17, 15) is 16.8 Å². The third kappa shape index (κ3) is 4.00. The van der Waals surface area contributed by atoms with Crippen LogP contribution in [0.2, 0.25) is 0 Å². The molecule has 0 saturated carbocycles. The Morgan fingerprint density at radius 1 is 1.19 bits per heavy atom. The molecule has 0 atom stereocenters. The van der Waals surface area contributed by atoms with E-state index in [1.807, 2.05) is 6.92 Å². The van der Waals surface area contributed by atoms with Gasteiger partial charge >= 0.3 is 0 Å². The van der Waals surface area contributed by atoms with Gasteiger partial charge in [0.25, 0.3) is 10.0 Å². The molecule has 0 aliphatic carbocycles. The van der Waals surface area contributed by atoms with Crippen LogP contribution in [0, 0.1) is 6.92 Å². The molecule has 27 heavy (non-hydrogen) atoms. The van der Waals surface area contributed by atoms with Crippen LogP contribution in [0.15, 0.2) is 40.3 Å². The van der Waals surface area contributed by atoms with Crippen LogP contribution in [0.25, 0.3) is 0 Å². The van der Waals surface area contributed by atoms with Crippen molar-refractivity contribution in [1.82, 2.24) is 14.1 Å². The summed E-state index contributed by atoms with van der Waals surface area (Å²) in [6, 6.07) is 5.79. The van der Waals surface area contributed by atoms with Gasteiger partial charge in [-0.25, -0.2) is 16.8 Å². The van der Waals surface area contributed by atoms with Crippen LogP contribution in [0.1, 0.15) is 12.6 Å². The minimum absolute atomic E-state index is 0.0329. The first-order valence-electron chi connectivity index (χ1n) is 8.49. The number of anilines is 1. The lowest BCUT2D eigenvalue weighted by molar-refractivity contribution is 0.0730. The fourth-order valence-electron chi connectivity index (χ4n) is 2.88. The Bertz CT molecular complexity index is 1020. The summed E-state index contributed by atoms with van der Waals surface area (Å²) < 4.78 is 61.4. The van der Waals surface area contributed by atoms with E-state index in [1.165, 1.54) is 34.8 Å². The van der Waals surface area contributed by atoms with Crippen molar-refractivity contribution in [3.63, 3.8) is 0 Å². The summed E-state index contributed by atoms with van der Waals surface area (Å²) in [7, 11) is -7.59. The fourth-order valence-corrected chi connectivity index (χ4v) is 5.56. The highest BCUT2D eigenvalue weighted by Gasteiger charge is 2.27. The minimum atomic E-state index is -3.88. The molecule has 0 amide bonds. The van der Waals surface area contributed by atoms with Crippen LogP contribution >= 0.6 is 0 Å². The molecule has 0 radical (unpaired) electrons. The van der Waals surface area contributed by atoms with Crippen molar-refractivity contribution < 1.29 is 21.6 Å². The summed E-state index contributed by atoms with van der Waals surface area (Å²) in [6.45, 7) is 5.31. The molecule has 3 rings (SSSR count). The van der Waals surface area contributed by atoms with Crippen molar-refractivity contribution in [3.8, 4) is 0 Å². The molecule has 1 saturated heterocycles. The van der Waals surface area contributed by atoms with E-state index < -0.39 is 20.0 Å². The molecule has 0 unspecified atom stereocenters. The molecule has 1 fully saturated rings. The number of aryl methyl sites for hydroxylation is 1. The highest BCUT2D eigenvalue weighted by Crippen LogP contribution is 2.23. The quantitative estimate of drug-likeness (QED) is 0.756. The predicted molar refractivity (Wildman–Crippen MR) is 99.5 cm³/mol. The highest BCUT2D eigenvalue weighted by molar-refractivity contribution is 7.92. The van der Waals surface area contributed by atoms with Gasteiger partial charge in [-0.05, 0) is 32.0 Å². The molecule has 2 aromatic rings. The number of ether oxygens (including phenoxy) is 1. The molecule has 11 heteroatoms. The smallest absolute Gasteiger partial charge is 0.265 e. The molecule has 1 aromatic heterocycles. The van der Waals surface area contributed by atoms with Crippen LogP contribution in [-0.4, -0.2) is 57.2 Å².